The van der Waals surface area contributed by atoms with Crippen molar-refractivity contribution in [3.8, 4) is 0 Å². The van der Waals surface area contributed by atoms with E-state index in [-0.39, 0.29) is 27.2 Å². The molecule has 0 saturated heterocycles. The van der Waals surface area contributed by atoms with E-state index >= 15 is 0 Å². The van der Waals surface area contributed by atoms with Gasteiger partial charge in [-0.3, -0.25) is 4.79 Å². The molecule has 260 valence electrons. The van der Waals surface area contributed by atoms with Crippen molar-refractivity contribution in [2.45, 2.75) is 169 Å². The number of aromatic nitrogens is 2. The number of aliphatic hydroxyl groups is 1. The summed E-state index contributed by atoms with van der Waals surface area (Å²) in [5.41, 5.74) is 1.60. The second kappa shape index (κ2) is 10.3. The molecule has 1 fully saturated rings. The fraction of sp³-hybridized carbons (Fsp3) is 0.868. The van der Waals surface area contributed by atoms with Gasteiger partial charge < -0.3 is 21.5 Å². The molecule has 1 amide bonds. The molecule has 1 saturated carbocycles. The zero-order chi connectivity index (χ0) is 36.2. The third-order valence-corrected chi connectivity index (χ3v) is 14.4. The maximum Gasteiger partial charge on any atom is 0.254 e. The summed E-state index contributed by atoms with van der Waals surface area (Å²) in [6, 6.07) is 0. The van der Waals surface area contributed by atoms with Crippen molar-refractivity contribution in [3.05, 3.63) is 11.3 Å². The average Bonchev–Trinajstić information content (AvgIpc) is 2.76. The highest BCUT2D eigenvalue weighted by Gasteiger charge is 2.78. The molecule has 45 heavy (non-hydrogen) atoms. The van der Waals surface area contributed by atoms with Crippen LogP contribution in [0.4, 0.5) is 11.8 Å². The van der Waals surface area contributed by atoms with Crippen LogP contribution in [0, 0.1) is 50.2 Å². The van der Waals surface area contributed by atoms with Gasteiger partial charge in [-0.05, 0) is 53.3 Å². The Balaban J connectivity index is 3.04. The molecule has 1 aliphatic rings. The predicted octanol–water partition coefficient (Wildman–Crippen LogP) is 9.24. The van der Waals surface area contributed by atoms with E-state index in [9.17, 15) is 9.90 Å². The molecule has 0 unspecified atom stereocenters. The molecular weight excluding hydrogens is 558 g/mol. The molecule has 1 heterocycles. The second-order valence-electron chi connectivity index (χ2n) is 20.4. The smallest absolute Gasteiger partial charge is 0.254 e. The molecule has 1 aliphatic carbocycles. The number of rotatable bonds is 5. The van der Waals surface area contributed by atoms with Gasteiger partial charge in [-0.2, -0.15) is 4.98 Å². The lowest BCUT2D eigenvalue weighted by molar-refractivity contribution is -0.322. The summed E-state index contributed by atoms with van der Waals surface area (Å²) >= 11 is 0. The summed E-state index contributed by atoms with van der Waals surface area (Å²) in [6.45, 7) is 48.6. The Bertz CT molecular complexity index is 1240. The lowest BCUT2D eigenvalue weighted by atomic mass is 9.29. The number of nitrogens with zero attached hydrogens (tertiary/aromatic N) is 2. The van der Waals surface area contributed by atoms with Crippen LogP contribution >= 0.6 is 0 Å². The van der Waals surface area contributed by atoms with Gasteiger partial charge in [0.2, 0.25) is 5.95 Å². The van der Waals surface area contributed by atoms with E-state index in [0.29, 0.717) is 17.5 Å². The van der Waals surface area contributed by atoms with Gasteiger partial charge in [0.05, 0.1) is 16.8 Å². The highest BCUT2D eigenvalue weighted by Crippen LogP contribution is 2.76. The minimum Gasteiger partial charge on any atom is -0.389 e. The van der Waals surface area contributed by atoms with Gasteiger partial charge in [0.1, 0.15) is 11.4 Å². The van der Waals surface area contributed by atoms with Gasteiger partial charge in [0.25, 0.3) is 5.91 Å². The molecule has 7 nitrogen and oxygen atoms in total. The third-order valence-electron chi connectivity index (χ3n) is 14.4. The summed E-state index contributed by atoms with van der Waals surface area (Å²) in [6.07, 6.45) is 0. The van der Waals surface area contributed by atoms with Crippen molar-refractivity contribution in [1.82, 2.24) is 9.97 Å². The zero-order valence-electron chi connectivity index (χ0n) is 33.3. The number of nitrogens with two attached hydrogens (primary N) is 1. The molecule has 0 bridgehead atoms. The number of carbonyl (C=O) groups excluding carboxylic acids is 1. The number of hydrogen-bond acceptors (Lipinski definition) is 6. The SMILES string of the molecule is Cc1nc(NC(C(C)(C)C)(C(C)(C)C)C(C)(C)C)nc(N[C@]2(C)C(C)(C)C(C)(C)[C@@](C)(C(C)(C)C)[C@](C)(O)C2(C)C)c1C(N)=O. The van der Waals surface area contributed by atoms with Crippen molar-refractivity contribution >= 4 is 17.7 Å². The largest absolute Gasteiger partial charge is 0.389 e. The van der Waals surface area contributed by atoms with Crippen LogP contribution in [0.25, 0.3) is 0 Å². The number of primary amides is 1. The first-order valence-electron chi connectivity index (χ1n) is 16.9. The average molecular weight is 630 g/mol. The summed E-state index contributed by atoms with van der Waals surface area (Å²) in [5, 5.41) is 20.5. The molecule has 0 aromatic carbocycles. The topological polar surface area (TPSA) is 113 Å². The van der Waals surface area contributed by atoms with E-state index in [2.05, 4.69) is 149 Å². The van der Waals surface area contributed by atoms with Crippen molar-refractivity contribution in [2.75, 3.05) is 10.6 Å². The maximum atomic E-state index is 13.1. The first kappa shape index (κ1) is 39.3. The quantitative estimate of drug-likeness (QED) is 0.258. The molecule has 1 aromatic rings. The van der Waals surface area contributed by atoms with Gasteiger partial charge in [-0.15, -0.1) is 0 Å². The zero-order valence-corrected chi connectivity index (χ0v) is 33.3. The molecule has 7 heteroatoms. The fourth-order valence-electron chi connectivity index (χ4n) is 11.1. The van der Waals surface area contributed by atoms with Crippen LogP contribution in [0.5, 0.6) is 0 Å². The minimum absolute atomic E-state index is 0.198. The number of aryl methyl sites for hydroxylation is 1. The Morgan fingerprint density at radius 2 is 1.09 bits per heavy atom. The van der Waals surface area contributed by atoms with Gasteiger partial charge in [0, 0.05) is 16.4 Å². The van der Waals surface area contributed by atoms with Crippen molar-refractivity contribution in [2.24, 2.45) is 49.1 Å². The minimum atomic E-state index is -1.14. The van der Waals surface area contributed by atoms with E-state index < -0.39 is 44.2 Å². The normalized spacial score (nSPS) is 28.9. The van der Waals surface area contributed by atoms with E-state index in [1.54, 1.807) is 0 Å². The summed E-state index contributed by atoms with van der Waals surface area (Å²) < 4.78 is 0. The highest BCUT2D eigenvalue weighted by atomic mass is 16.3. The van der Waals surface area contributed by atoms with Crippen LogP contribution in [-0.4, -0.2) is 37.7 Å². The Morgan fingerprint density at radius 3 is 1.42 bits per heavy atom. The number of carbonyl (C=O) groups is 1. The lowest BCUT2D eigenvalue weighted by Crippen LogP contribution is -2.82. The third kappa shape index (κ3) is 4.86. The molecule has 0 aliphatic heterocycles. The van der Waals surface area contributed by atoms with Crippen LogP contribution in [0.1, 0.15) is 161 Å². The molecule has 0 spiro atoms. The van der Waals surface area contributed by atoms with E-state index in [4.69, 9.17) is 15.7 Å². The Hall–Kier alpha value is -1.89. The van der Waals surface area contributed by atoms with Crippen LogP contribution < -0.4 is 16.4 Å². The molecule has 1 aromatic heterocycles. The molecule has 0 radical (unpaired) electrons. The highest BCUT2D eigenvalue weighted by molar-refractivity contribution is 5.99. The van der Waals surface area contributed by atoms with E-state index in [1.165, 1.54) is 0 Å². The first-order valence-corrected chi connectivity index (χ1v) is 16.9. The first-order chi connectivity index (χ1) is 19.4. The van der Waals surface area contributed by atoms with Crippen molar-refractivity contribution < 1.29 is 9.90 Å². The Kier molecular flexibility index (Phi) is 9.00. The molecule has 2 rings (SSSR count). The van der Waals surface area contributed by atoms with Gasteiger partial charge in [0.15, 0.2) is 0 Å². The summed E-state index contributed by atoms with van der Waals surface area (Å²) in [5.74, 6) is 0.244. The number of hydrogen-bond donors (Lipinski definition) is 4. The Labute approximate surface area is 277 Å². The van der Waals surface area contributed by atoms with Gasteiger partial charge in [-0.25, -0.2) is 4.98 Å². The monoisotopic (exact) mass is 630 g/mol. The predicted molar refractivity (Wildman–Crippen MR) is 192 cm³/mol. The van der Waals surface area contributed by atoms with Crippen LogP contribution in [0.2, 0.25) is 0 Å². The fourth-order valence-corrected chi connectivity index (χ4v) is 11.1. The van der Waals surface area contributed by atoms with Crippen LogP contribution in [-0.2, 0) is 0 Å². The van der Waals surface area contributed by atoms with Crippen molar-refractivity contribution in [1.29, 1.82) is 0 Å². The standard InChI is InChI=1S/C38H71N5O2/c1-23-24(25(39)44)26(41-27(40-23)43-38(29(5,6)7,30(8,9)10)31(11,12)13)42-36(21)33(16,17)32(14,15)35(20,28(2,3)4)37(22,45)34(36,18)19/h45H,1-22H3,(H2,39,44)(H2,40,41,42,43)/t35-,36-,37-/m1/s1. The van der Waals surface area contributed by atoms with Crippen LogP contribution in [0.15, 0.2) is 0 Å². The van der Waals surface area contributed by atoms with E-state index in [0.717, 1.165) is 0 Å². The lowest BCUT2D eigenvalue weighted by Gasteiger charge is -2.78. The van der Waals surface area contributed by atoms with Crippen LogP contribution in [0.3, 0.4) is 0 Å². The molecular formula is C38H71N5O2. The maximum absolute atomic E-state index is 13.1. The van der Waals surface area contributed by atoms with Crippen molar-refractivity contribution in [3.63, 3.8) is 0 Å². The van der Waals surface area contributed by atoms with Gasteiger partial charge >= 0.3 is 0 Å². The summed E-state index contributed by atoms with van der Waals surface area (Å²) in [7, 11) is 0. The number of nitrogens with one attached hydrogen (secondary N) is 2. The summed E-state index contributed by atoms with van der Waals surface area (Å²) in [4.78, 5) is 23.1. The second-order valence-corrected chi connectivity index (χ2v) is 20.4. The Morgan fingerprint density at radius 1 is 0.689 bits per heavy atom. The number of amides is 1. The van der Waals surface area contributed by atoms with E-state index in [1.807, 2.05) is 13.8 Å². The molecule has 5 N–H and O–H groups in total. The number of anilines is 2. The molecule has 3 atom stereocenters. The van der Waals surface area contributed by atoms with Gasteiger partial charge in [-0.1, -0.05) is 132 Å².